The molecule has 1 aromatic rings. The first kappa shape index (κ1) is 16.7. The summed E-state index contributed by atoms with van der Waals surface area (Å²) in [6, 6.07) is 5.04. The summed E-state index contributed by atoms with van der Waals surface area (Å²) in [7, 11) is 0. The molecule has 1 amide bonds. The molecule has 0 unspecified atom stereocenters. The van der Waals surface area contributed by atoms with Crippen LogP contribution in [0.4, 0.5) is 17.1 Å². The second-order valence-electron chi connectivity index (χ2n) is 6.91. The maximum absolute atomic E-state index is 12.0. The van der Waals surface area contributed by atoms with Gasteiger partial charge in [-0.15, -0.1) is 0 Å². The normalized spacial score (nSPS) is 22.0. The molecule has 22 heavy (non-hydrogen) atoms. The minimum absolute atomic E-state index is 0.00115. The van der Waals surface area contributed by atoms with Crippen molar-refractivity contribution in [1.82, 2.24) is 0 Å². The van der Waals surface area contributed by atoms with Crippen LogP contribution in [0.1, 0.15) is 52.5 Å². The highest BCUT2D eigenvalue weighted by Crippen LogP contribution is 2.35. The van der Waals surface area contributed by atoms with Crippen molar-refractivity contribution in [3.8, 4) is 0 Å². The fraction of sp³-hybridized carbons (Fsp3) is 0.611. The van der Waals surface area contributed by atoms with Gasteiger partial charge in [0.25, 0.3) is 0 Å². The number of amides is 1. The summed E-state index contributed by atoms with van der Waals surface area (Å²) >= 11 is 0. The molecule has 0 aliphatic carbocycles. The van der Waals surface area contributed by atoms with Crippen molar-refractivity contribution < 1.29 is 4.79 Å². The number of nitrogens with one attached hydrogen (secondary N) is 1. The fourth-order valence-electron chi connectivity index (χ4n) is 3.28. The highest BCUT2D eigenvalue weighted by Gasteiger charge is 2.26. The Balaban J connectivity index is 2.37. The zero-order valence-electron chi connectivity index (χ0n) is 14.4. The highest BCUT2D eigenvalue weighted by atomic mass is 16.1. The molecule has 1 aliphatic rings. The van der Waals surface area contributed by atoms with Crippen molar-refractivity contribution >= 4 is 23.0 Å². The summed E-state index contributed by atoms with van der Waals surface area (Å²) in [5, 5.41) is 2.96. The maximum Gasteiger partial charge on any atom is 0.226 e. The number of piperidine rings is 1. The molecule has 4 nitrogen and oxygen atoms in total. The van der Waals surface area contributed by atoms with Crippen molar-refractivity contribution in [1.29, 1.82) is 0 Å². The third kappa shape index (κ3) is 3.37. The van der Waals surface area contributed by atoms with E-state index in [1.54, 1.807) is 0 Å². The molecule has 1 aliphatic heterocycles. The first-order valence-electron chi connectivity index (χ1n) is 8.30. The molecule has 2 atom stereocenters. The quantitative estimate of drug-likeness (QED) is 0.832. The van der Waals surface area contributed by atoms with Crippen LogP contribution in [0.15, 0.2) is 12.1 Å². The summed E-state index contributed by atoms with van der Waals surface area (Å²) in [5.41, 5.74) is 9.82. The molecule has 0 spiro atoms. The average Bonchev–Trinajstić information content (AvgIpc) is 2.43. The number of nitrogens with zero attached hydrogens (tertiary/aromatic N) is 1. The van der Waals surface area contributed by atoms with Crippen LogP contribution in [0.25, 0.3) is 0 Å². The zero-order chi connectivity index (χ0) is 16.4. The lowest BCUT2D eigenvalue weighted by atomic mass is 9.95. The summed E-state index contributed by atoms with van der Waals surface area (Å²) in [6.45, 7) is 10.4. The minimum atomic E-state index is -0.0583. The van der Waals surface area contributed by atoms with E-state index in [9.17, 15) is 4.79 Å². The van der Waals surface area contributed by atoms with Gasteiger partial charge in [-0.3, -0.25) is 4.79 Å². The van der Waals surface area contributed by atoms with Gasteiger partial charge in [-0.1, -0.05) is 13.8 Å². The molecule has 4 heteroatoms. The SMILES string of the molecule is Cc1cc(N)c(NC(=O)C(C)C)cc1N1[C@H](C)CCC[C@H]1C. The number of rotatable bonds is 3. The van der Waals surface area contributed by atoms with E-state index < -0.39 is 0 Å². The second-order valence-corrected chi connectivity index (χ2v) is 6.91. The highest BCUT2D eigenvalue weighted by molar-refractivity contribution is 5.96. The predicted octanol–water partition coefficient (Wildman–Crippen LogP) is 3.94. The number of hydrogen-bond donors (Lipinski definition) is 2. The Morgan fingerprint density at radius 3 is 2.41 bits per heavy atom. The van der Waals surface area contributed by atoms with Crippen molar-refractivity contribution in [2.75, 3.05) is 16.0 Å². The number of anilines is 3. The molecular formula is C18H29N3O. The van der Waals surface area contributed by atoms with E-state index in [1.807, 2.05) is 26.0 Å². The predicted molar refractivity (Wildman–Crippen MR) is 94.3 cm³/mol. The number of nitrogen functional groups attached to an aromatic ring is 1. The average molecular weight is 303 g/mol. The van der Waals surface area contributed by atoms with Crippen molar-refractivity contribution in [3.05, 3.63) is 17.7 Å². The molecule has 0 saturated carbocycles. The van der Waals surface area contributed by atoms with Crippen LogP contribution in [-0.2, 0) is 4.79 Å². The molecule has 3 N–H and O–H groups in total. The van der Waals surface area contributed by atoms with Crippen molar-refractivity contribution in [3.63, 3.8) is 0 Å². The van der Waals surface area contributed by atoms with Crippen LogP contribution in [0.2, 0.25) is 0 Å². The first-order chi connectivity index (χ1) is 10.3. The van der Waals surface area contributed by atoms with Gasteiger partial charge in [0.15, 0.2) is 0 Å². The van der Waals surface area contributed by atoms with Crippen molar-refractivity contribution in [2.24, 2.45) is 5.92 Å². The standard InChI is InChI=1S/C18H29N3O/c1-11(2)18(22)20-16-10-17(12(3)9-15(16)19)21-13(4)7-6-8-14(21)5/h9-11,13-14H,6-8,19H2,1-5H3,(H,20,22)/t13-,14-/m1/s1. The Labute approximate surface area is 134 Å². The van der Waals surface area contributed by atoms with Gasteiger partial charge in [-0.2, -0.15) is 0 Å². The van der Waals surface area contributed by atoms with Gasteiger partial charge in [-0.05, 0) is 57.7 Å². The smallest absolute Gasteiger partial charge is 0.226 e. The van der Waals surface area contributed by atoms with Crippen LogP contribution in [0.5, 0.6) is 0 Å². The Bertz CT molecular complexity index is 544. The van der Waals surface area contributed by atoms with E-state index in [0.29, 0.717) is 17.8 Å². The van der Waals surface area contributed by atoms with Crippen LogP contribution in [0.3, 0.4) is 0 Å². The first-order valence-corrected chi connectivity index (χ1v) is 8.30. The number of benzene rings is 1. The second kappa shape index (κ2) is 6.59. The number of carbonyl (C=O) groups is 1. The molecule has 0 radical (unpaired) electrons. The minimum Gasteiger partial charge on any atom is -0.397 e. The van der Waals surface area contributed by atoms with Crippen LogP contribution < -0.4 is 16.0 Å². The van der Waals surface area contributed by atoms with E-state index >= 15 is 0 Å². The molecule has 0 bridgehead atoms. The Kier molecular flexibility index (Phi) is 4.99. The Morgan fingerprint density at radius 2 is 1.86 bits per heavy atom. The topological polar surface area (TPSA) is 58.4 Å². The molecule has 1 saturated heterocycles. The van der Waals surface area contributed by atoms with E-state index in [1.165, 1.54) is 30.5 Å². The van der Waals surface area contributed by atoms with Gasteiger partial charge in [0, 0.05) is 23.7 Å². The van der Waals surface area contributed by atoms with Gasteiger partial charge < -0.3 is 16.0 Å². The molecule has 1 fully saturated rings. The fourth-order valence-corrected chi connectivity index (χ4v) is 3.28. The van der Waals surface area contributed by atoms with E-state index in [4.69, 9.17) is 5.73 Å². The van der Waals surface area contributed by atoms with Crippen LogP contribution >= 0.6 is 0 Å². The van der Waals surface area contributed by atoms with E-state index in [2.05, 4.69) is 31.0 Å². The van der Waals surface area contributed by atoms with Crippen LogP contribution in [0, 0.1) is 12.8 Å². The molecule has 0 aromatic heterocycles. The van der Waals surface area contributed by atoms with E-state index in [-0.39, 0.29) is 11.8 Å². The lowest BCUT2D eigenvalue weighted by Gasteiger charge is -2.42. The van der Waals surface area contributed by atoms with Gasteiger partial charge in [-0.25, -0.2) is 0 Å². The monoisotopic (exact) mass is 303 g/mol. The lowest BCUT2D eigenvalue weighted by molar-refractivity contribution is -0.118. The largest absolute Gasteiger partial charge is 0.397 e. The number of carbonyl (C=O) groups excluding carboxylic acids is 1. The van der Waals surface area contributed by atoms with Crippen molar-refractivity contribution in [2.45, 2.75) is 66.0 Å². The third-order valence-electron chi connectivity index (χ3n) is 4.62. The lowest BCUT2D eigenvalue weighted by Crippen LogP contribution is -2.44. The molecule has 2 rings (SSSR count). The zero-order valence-corrected chi connectivity index (χ0v) is 14.4. The molecular weight excluding hydrogens is 274 g/mol. The number of aryl methyl sites for hydroxylation is 1. The summed E-state index contributed by atoms with van der Waals surface area (Å²) in [4.78, 5) is 14.5. The molecule has 1 heterocycles. The summed E-state index contributed by atoms with van der Waals surface area (Å²) in [5.74, 6) is -0.0572. The van der Waals surface area contributed by atoms with Gasteiger partial charge in [0.05, 0.1) is 11.4 Å². The summed E-state index contributed by atoms with van der Waals surface area (Å²) in [6.07, 6.45) is 3.70. The number of nitrogens with two attached hydrogens (primary N) is 1. The number of hydrogen-bond acceptors (Lipinski definition) is 3. The van der Waals surface area contributed by atoms with Gasteiger partial charge in [0.1, 0.15) is 0 Å². The summed E-state index contributed by atoms with van der Waals surface area (Å²) < 4.78 is 0. The van der Waals surface area contributed by atoms with Crippen LogP contribution in [-0.4, -0.2) is 18.0 Å². The Hall–Kier alpha value is -1.71. The molecule has 122 valence electrons. The van der Waals surface area contributed by atoms with Gasteiger partial charge in [0.2, 0.25) is 5.91 Å². The Morgan fingerprint density at radius 1 is 1.27 bits per heavy atom. The van der Waals surface area contributed by atoms with E-state index in [0.717, 1.165) is 5.69 Å². The van der Waals surface area contributed by atoms with Gasteiger partial charge >= 0.3 is 0 Å². The maximum atomic E-state index is 12.0. The third-order valence-corrected chi connectivity index (χ3v) is 4.62. The molecule has 1 aromatic carbocycles.